The molecule has 148 valence electrons. The highest BCUT2D eigenvalue weighted by Crippen LogP contribution is 2.34. The molecule has 2 aromatic rings. The second-order valence-electron chi connectivity index (χ2n) is 7.30. The van der Waals surface area contributed by atoms with Crippen LogP contribution in [0.15, 0.2) is 35.5 Å². The van der Waals surface area contributed by atoms with Crippen LogP contribution in [0, 0.1) is 25.2 Å². The van der Waals surface area contributed by atoms with E-state index in [-0.39, 0.29) is 5.91 Å². The molecule has 0 bridgehead atoms. The quantitative estimate of drug-likeness (QED) is 0.615. The number of hydrogen-bond donors (Lipinski definition) is 0. The zero-order valence-electron chi connectivity index (χ0n) is 16.7. The van der Waals surface area contributed by atoms with E-state index in [0.29, 0.717) is 24.8 Å². The smallest absolute Gasteiger partial charge is 0.237 e. The number of rotatable bonds is 7. The third-order valence-corrected chi connectivity index (χ3v) is 6.37. The lowest BCUT2D eigenvalue weighted by molar-refractivity contribution is -0.116. The zero-order valence-corrected chi connectivity index (χ0v) is 17.5. The van der Waals surface area contributed by atoms with Crippen molar-refractivity contribution in [2.24, 2.45) is 0 Å². The molecule has 0 aliphatic heterocycles. The van der Waals surface area contributed by atoms with E-state index in [4.69, 9.17) is 10.2 Å². The largest absolute Gasteiger partial charge is 0.320 e. The molecule has 5 nitrogen and oxygen atoms in total. The molecule has 1 heterocycles. The van der Waals surface area contributed by atoms with Crippen molar-refractivity contribution in [1.29, 1.82) is 5.26 Å². The van der Waals surface area contributed by atoms with Crippen LogP contribution in [0.5, 0.6) is 0 Å². The highest BCUT2D eigenvalue weighted by Gasteiger charge is 2.23. The fourth-order valence-corrected chi connectivity index (χ4v) is 4.87. The van der Waals surface area contributed by atoms with Crippen LogP contribution in [0.4, 0.5) is 5.69 Å². The van der Waals surface area contributed by atoms with Gasteiger partial charge in [-0.1, -0.05) is 49.2 Å². The van der Waals surface area contributed by atoms with E-state index < -0.39 is 0 Å². The molecule has 0 unspecified atom stereocenters. The van der Waals surface area contributed by atoms with Crippen LogP contribution in [-0.2, 0) is 4.79 Å². The average Bonchev–Trinajstić information content (AvgIpc) is 3.02. The Balaban J connectivity index is 1.74. The van der Waals surface area contributed by atoms with Crippen molar-refractivity contribution in [3.63, 3.8) is 0 Å². The van der Waals surface area contributed by atoms with Gasteiger partial charge >= 0.3 is 0 Å². The number of imidazole rings is 1. The molecule has 0 saturated heterocycles. The van der Waals surface area contributed by atoms with Gasteiger partial charge in [-0.15, -0.1) is 0 Å². The van der Waals surface area contributed by atoms with Gasteiger partial charge in [0.1, 0.15) is 0 Å². The molecule has 1 aliphatic carbocycles. The Morgan fingerprint density at radius 3 is 2.64 bits per heavy atom. The molecule has 0 radical (unpaired) electrons. The molecule has 1 amide bonds. The molecule has 0 atom stereocenters. The van der Waals surface area contributed by atoms with Crippen LogP contribution in [0.2, 0.25) is 0 Å². The second kappa shape index (κ2) is 9.79. The number of amides is 1. The molecular formula is C22H28N4OS. The first-order chi connectivity index (χ1) is 13.6. The standard InChI is InChI=1S/C22H28N4OS/c1-17-18(2)26(20-12-7-4-8-13-20)22(24-17)28-16-21(27)25(15-9-14-23)19-10-5-3-6-11-19/h3,5-6,10-11,20H,4,7-9,12-13,15-16H2,1-2H3. The Morgan fingerprint density at radius 1 is 1.25 bits per heavy atom. The monoisotopic (exact) mass is 396 g/mol. The minimum Gasteiger partial charge on any atom is -0.320 e. The molecule has 3 rings (SSSR count). The van der Waals surface area contributed by atoms with Gasteiger partial charge in [0.25, 0.3) is 0 Å². The van der Waals surface area contributed by atoms with Crippen LogP contribution < -0.4 is 4.90 Å². The number of aromatic nitrogens is 2. The van der Waals surface area contributed by atoms with Gasteiger partial charge in [0.15, 0.2) is 5.16 Å². The summed E-state index contributed by atoms with van der Waals surface area (Å²) < 4.78 is 2.36. The van der Waals surface area contributed by atoms with Crippen LogP contribution in [0.25, 0.3) is 0 Å². The molecule has 1 saturated carbocycles. The molecule has 28 heavy (non-hydrogen) atoms. The van der Waals surface area contributed by atoms with E-state index in [1.165, 1.54) is 49.6 Å². The van der Waals surface area contributed by atoms with Crippen molar-refractivity contribution in [2.75, 3.05) is 17.2 Å². The van der Waals surface area contributed by atoms with Crippen LogP contribution in [0.1, 0.15) is 56.0 Å². The number of anilines is 1. The summed E-state index contributed by atoms with van der Waals surface area (Å²) in [6.45, 7) is 4.59. The Labute approximate surface area is 171 Å². The van der Waals surface area contributed by atoms with Gasteiger partial charge in [0.2, 0.25) is 5.91 Å². The van der Waals surface area contributed by atoms with Crippen molar-refractivity contribution >= 4 is 23.4 Å². The second-order valence-corrected chi connectivity index (χ2v) is 8.25. The summed E-state index contributed by atoms with van der Waals surface area (Å²) in [5.41, 5.74) is 3.10. The number of carbonyl (C=O) groups is 1. The minimum absolute atomic E-state index is 0.0138. The number of benzene rings is 1. The van der Waals surface area contributed by atoms with Crippen LogP contribution in [0.3, 0.4) is 0 Å². The zero-order chi connectivity index (χ0) is 19.9. The van der Waals surface area contributed by atoms with E-state index in [1.807, 2.05) is 37.3 Å². The van der Waals surface area contributed by atoms with Gasteiger partial charge in [0, 0.05) is 24.0 Å². The maximum Gasteiger partial charge on any atom is 0.237 e. The lowest BCUT2D eigenvalue weighted by Gasteiger charge is -2.26. The summed E-state index contributed by atoms with van der Waals surface area (Å²) in [5, 5.41) is 9.91. The Bertz CT molecular complexity index is 834. The summed E-state index contributed by atoms with van der Waals surface area (Å²) in [7, 11) is 0. The van der Waals surface area contributed by atoms with Crippen molar-refractivity contribution in [3.8, 4) is 6.07 Å². The highest BCUT2D eigenvalue weighted by molar-refractivity contribution is 7.99. The molecule has 1 aliphatic rings. The molecule has 0 spiro atoms. The molecule has 1 aromatic heterocycles. The van der Waals surface area contributed by atoms with E-state index in [0.717, 1.165) is 16.5 Å². The SMILES string of the molecule is Cc1nc(SCC(=O)N(CCC#N)c2ccccc2)n(C2CCCCC2)c1C. The summed E-state index contributed by atoms with van der Waals surface area (Å²) in [4.78, 5) is 19.4. The van der Waals surface area contributed by atoms with Gasteiger partial charge in [0.05, 0.1) is 23.9 Å². The maximum atomic E-state index is 13.0. The Kier molecular flexibility index (Phi) is 7.16. The first kappa shape index (κ1) is 20.5. The van der Waals surface area contributed by atoms with Gasteiger partial charge in [-0.3, -0.25) is 4.79 Å². The van der Waals surface area contributed by atoms with E-state index in [9.17, 15) is 4.79 Å². The summed E-state index contributed by atoms with van der Waals surface area (Å²) in [6.07, 6.45) is 6.54. The predicted octanol–water partition coefficient (Wildman–Crippen LogP) is 5.04. The molecule has 1 fully saturated rings. The predicted molar refractivity (Wildman–Crippen MR) is 114 cm³/mol. The number of para-hydroxylation sites is 1. The van der Waals surface area contributed by atoms with Gasteiger partial charge < -0.3 is 9.47 Å². The number of carbonyl (C=O) groups excluding carboxylic acids is 1. The number of hydrogen-bond acceptors (Lipinski definition) is 4. The third-order valence-electron chi connectivity index (χ3n) is 5.44. The molecule has 6 heteroatoms. The first-order valence-electron chi connectivity index (χ1n) is 10.0. The van der Waals surface area contributed by atoms with E-state index >= 15 is 0 Å². The third kappa shape index (κ3) is 4.77. The topological polar surface area (TPSA) is 61.9 Å². The number of nitrogens with zero attached hydrogens (tertiary/aromatic N) is 4. The average molecular weight is 397 g/mol. The highest BCUT2D eigenvalue weighted by atomic mass is 32.2. The van der Waals surface area contributed by atoms with Crippen LogP contribution >= 0.6 is 11.8 Å². The summed E-state index contributed by atoms with van der Waals surface area (Å²) >= 11 is 1.52. The maximum absolute atomic E-state index is 13.0. The lowest BCUT2D eigenvalue weighted by atomic mass is 9.95. The fourth-order valence-electron chi connectivity index (χ4n) is 3.84. The Morgan fingerprint density at radius 2 is 1.96 bits per heavy atom. The van der Waals surface area contributed by atoms with E-state index in [1.54, 1.807) is 4.90 Å². The number of thioether (sulfide) groups is 1. The van der Waals surface area contributed by atoms with Crippen molar-refractivity contribution in [3.05, 3.63) is 41.7 Å². The van der Waals surface area contributed by atoms with Gasteiger partial charge in [-0.25, -0.2) is 4.98 Å². The number of nitriles is 1. The summed E-state index contributed by atoms with van der Waals surface area (Å²) in [6, 6.07) is 12.2. The van der Waals surface area contributed by atoms with Crippen molar-refractivity contribution < 1.29 is 4.79 Å². The normalized spacial score (nSPS) is 14.6. The molecule has 0 N–H and O–H groups in total. The van der Waals surface area contributed by atoms with Gasteiger partial charge in [-0.2, -0.15) is 5.26 Å². The fraction of sp³-hybridized carbons (Fsp3) is 0.500. The van der Waals surface area contributed by atoms with Crippen LogP contribution in [-0.4, -0.2) is 27.8 Å². The Hall–Kier alpha value is -2.26. The summed E-state index contributed by atoms with van der Waals surface area (Å²) in [5.74, 6) is 0.336. The van der Waals surface area contributed by atoms with Gasteiger partial charge in [-0.05, 0) is 38.8 Å². The lowest BCUT2D eigenvalue weighted by Crippen LogP contribution is -2.33. The van der Waals surface area contributed by atoms with E-state index in [2.05, 4.69) is 17.6 Å². The number of aryl methyl sites for hydroxylation is 1. The van der Waals surface area contributed by atoms with Crippen molar-refractivity contribution in [1.82, 2.24) is 9.55 Å². The molecular weight excluding hydrogens is 368 g/mol. The first-order valence-corrected chi connectivity index (χ1v) is 11.0. The minimum atomic E-state index is 0.0138. The molecule has 1 aromatic carbocycles. The van der Waals surface area contributed by atoms with Crippen molar-refractivity contribution in [2.45, 2.75) is 63.6 Å².